The molecule has 1 aromatic carbocycles. The van der Waals surface area contributed by atoms with E-state index < -0.39 is 15.8 Å². The molecule has 0 bridgehead atoms. The Bertz CT molecular complexity index is 542. The molecule has 7 heteroatoms. The maximum absolute atomic E-state index is 13.1. The van der Waals surface area contributed by atoms with Crippen molar-refractivity contribution in [3.63, 3.8) is 0 Å². The summed E-state index contributed by atoms with van der Waals surface area (Å²) in [5, 5.41) is 9.38. The third-order valence-electron chi connectivity index (χ3n) is 3.28. The van der Waals surface area contributed by atoms with Gasteiger partial charge in [-0.3, -0.25) is 0 Å². The number of nitrogens with two attached hydrogens (primary N) is 1. The molecular weight excluding hydrogens is 271 g/mol. The number of rotatable bonds is 4. The Morgan fingerprint density at radius 3 is 2.68 bits per heavy atom. The van der Waals surface area contributed by atoms with Gasteiger partial charge in [0.15, 0.2) is 0 Å². The molecule has 0 aliphatic heterocycles. The largest absolute Gasteiger partial charge is 0.399 e. The number of halogens is 1. The normalized spacial score (nSPS) is 23.7. The Morgan fingerprint density at radius 1 is 1.37 bits per heavy atom. The van der Waals surface area contributed by atoms with Gasteiger partial charge in [0.2, 0.25) is 10.0 Å². The highest BCUT2D eigenvalue weighted by atomic mass is 32.2. The van der Waals surface area contributed by atoms with Crippen LogP contribution >= 0.6 is 0 Å². The first-order chi connectivity index (χ1) is 8.87. The summed E-state index contributed by atoms with van der Waals surface area (Å²) < 4.78 is 39.5. The molecule has 1 saturated carbocycles. The lowest BCUT2D eigenvalue weighted by molar-refractivity contribution is 0.178. The first-order valence-electron chi connectivity index (χ1n) is 6.10. The number of aliphatic hydroxyl groups excluding tert-OH is 1. The van der Waals surface area contributed by atoms with Crippen molar-refractivity contribution in [2.24, 2.45) is 5.92 Å². The highest BCUT2D eigenvalue weighted by Gasteiger charge is 2.25. The van der Waals surface area contributed by atoms with E-state index in [0.29, 0.717) is 12.8 Å². The Kier molecular flexibility index (Phi) is 4.07. The zero-order valence-electron chi connectivity index (χ0n) is 10.3. The predicted molar refractivity (Wildman–Crippen MR) is 69.3 cm³/mol. The minimum Gasteiger partial charge on any atom is -0.399 e. The maximum atomic E-state index is 13.1. The van der Waals surface area contributed by atoms with Crippen LogP contribution in [0.15, 0.2) is 23.1 Å². The van der Waals surface area contributed by atoms with Crippen molar-refractivity contribution in [1.29, 1.82) is 0 Å². The van der Waals surface area contributed by atoms with Gasteiger partial charge in [-0.05, 0) is 43.4 Å². The molecule has 1 aromatic rings. The quantitative estimate of drug-likeness (QED) is 0.716. The van der Waals surface area contributed by atoms with Crippen LogP contribution in [-0.4, -0.2) is 26.2 Å². The molecule has 0 amide bonds. The van der Waals surface area contributed by atoms with E-state index in [-0.39, 0.29) is 29.1 Å². The maximum Gasteiger partial charge on any atom is 0.240 e. The monoisotopic (exact) mass is 288 g/mol. The summed E-state index contributed by atoms with van der Waals surface area (Å²) in [7, 11) is -3.76. The van der Waals surface area contributed by atoms with Crippen LogP contribution in [0.4, 0.5) is 10.1 Å². The number of nitrogens with one attached hydrogen (secondary N) is 1. The first-order valence-corrected chi connectivity index (χ1v) is 7.59. The van der Waals surface area contributed by atoms with Gasteiger partial charge in [-0.1, -0.05) is 0 Å². The van der Waals surface area contributed by atoms with Gasteiger partial charge < -0.3 is 10.8 Å². The van der Waals surface area contributed by atoms with E-state index in [0.717, 1.165) is 18.6 Å². The van der Waals surface area contributed by atoms with Crippen LogP contribution in [0.3, 0.4) is 0 Å². The summed E-state index contributed by atoms with van der Waals surface area (Å²) in [6.45, 7) is 0.246. The van der Waals surface area contributed by atoms with Crippen molar-refractivity contribution < 1.29 is 17.9 Å². The summed E-state index contributed by atoms with van der Waals surface area (Å²) in [5.74, 6) is -0.563. The van der Waals surface area contributed by atoms with Crippen molar-refractivity contribution in [2.45, 2.75) is 30.3 Å². The molecule has 2 atom stereocenters. The number of hydrogen-bond acceptors (Lipinski definition) is 4. The zero-order chi connectivity index (χ0) is 14.0. The summed E-state index contributed by atoms with van der Waals surface area (Å²) in [6, 6.07) is 3.21. The van der Waals surface area contributed by atoms with Gasteiger partial charge in [0.05, 0.1) is 11.0 Å². The number of benzene rings is 1. The number of aliphatic hydroxyl groups is 1. The van der Waals surface area contributed by atoms with Crippen LogP contribution in [0.1, 0.15) is 19.3 Å². The van der Waals surface area contributed by atoms with E-state index in [4.69, 9.17) is 5.73 Å². The molecule has 0 heterocycles. The molecule has 2 unspecified atom stereocenters. The Hall–Kier alpha value is -1.18. The smallest absolute Gasteiger partial charge is 0.240 e. The topological polar surface area (TPSA) is 92.4 Å². The van der Waals surface area contributed by atoms with E-state index in [1.807, 2.05) is 0 Å². The first kappa shape index (κ1) is 14.2. The predicted octanol–water partition coefficient (Wildman–Crippen LogP) is 0.847. The SMILES string of the molecule is Nc1cc(F)cc(S(=O)(=O)NCC2CCC(O)C2)c1. The zero-order valence-corrected chi connectivity index (χ0v) is 11.2. The van der Waals surface area contributed by atoms with E-state index in [9.17, 15) is 17.9 Å². The molecule has 1 aliphatic carbocycles. The molecule has 4 N–H and O–H groups in total. The van der Waals surface area contributed by atoms with Gasteiger partial charge >= 0.3 is 0 Å². The van der Waals surface area contributed by atoms with Crippen molar-refractivity contribution >= 4 is 15.7 Å². The average Bonchev–Trinajstić information content (AvgIpc) is 2.71. The van der Waals surface area contributed by atoms with Gasteiger partial charge in [-0.2, -0.15) is 0 Å². The summed E-state index contributed by atoms with van der Waals surface area (Å²) in [4.78, 5) is -0.177. The summed E-state index contributed by atoms with van der Waals surface area (Å²) in [5.41, 5.74) is 5.49. The fourth-order valence-corrected chi connectivity index (χ4v) is 3.47. The molecule has 1 fully saturated rings. The van der Waals surface area contributed by atoms with Crippen LogP contribution in [0, 0.1) is 11.7 Å². The van der Waals surface area contributed by atoms with Crippen LogP contribution in [-0.2, 0) is 10.0 Å². The summed E-state index contributed by atoms with van der Waals surface area (Å²) in [6.07, 6.45) is 1.72. The van der Waals surface area contributed by atoms with E-state index in [1.54, 1.807) is 0 Å². The summed E-state index contributed by atoms with van der Waals surface area (Å²) >= 11 is 0. The second-order valence-electron chi connectivity index (χ2n) is 4.91. The van der Waals surface area contributed by atoms with Gasteiger partial charge in [0.1, 0.15) is 5.82 Å². The molecule has 106 valence electrons. The van der Waals surface area contributed by atoms with Crippen molar-refractivity contribution in [3.8, 4) is 0 Å². The van der Waals surface area contributed by atoms with Crippen LogP contribution in [0.25, 0.3) is 0 Å². The third-order valence-corrected chi connectivity index (χ3v) is 4.68. The molecule has 2 rings (SSSR count). The molecule has 0 saturated heterocycles. The van der Waals surface area contributed by atoms with Crippen molar-refractivity contribution in [2.75, 3.05) is 12.3 Å². The van der Waals surface area contributed by atoms with Gasteiger partial charge in [-0.15, -0.1) is 0 Å². The van der Waals surface area contributed by atoms with Crippen LogP contribution in [0.5, 0.6) is 0 Å². The Labute approximate surface area is 111 Å². The van der Waals surface area contributed by atoms with Crippen molar-refractivity contribution in [1.82, 2.24) is 4.72 Å². The lowest BCUT2D eigenvalue weighted by Gasteiger charge is -2.12. The van der Waals surface area contributed by atoms with Crippen molar-refractivity contribution in [3.05, 3.63) is 24.0 Å². The van der Waals surface area contributed by atoms with E-state index >= 15 is 0 Å². The number of nitrogen functional groups attached to an aromatic ring is 1. The highest BCUT2D eigenvalue weighted by molar-refractivity contribution is 7.89. The Morgan fingerprint density at radius 2 is 2.11 bits per heavy atom. The lowest BCUT2D eigenvalue weighted by Crippen LogP contribution is -2.29. The van der Waals surface area contributed by atoms with E-state index in [1.165, 1.54) is 6.07 Å². The van der Waals surface area contributed by atoms with Gasteiger partial charge in [0, 0.05) is 12.2 Å². The number of sulfonamides is 1. The second kappa shape index (κ2) is 5.44. The minimum atomic E-state index is -3.76. The molecule has 19 heavy (non-hydrogen) atoms. The fourth-order valence-electron chi connectivity index (χ4n) is 2.28. The van der Waals surface area contributed by atoms with Crippen LogP contribution < -0.4 is 10.5 Å². The number of hydrogen-bond donors (Lipinski definition) is 3. The highest BCUT2D eigenvalue weighted by Crippen LogP contribution is 2.25. The molecule has 1 aliphatic rings. The molecule has 0 spiro atoms. The van der Waals surface area contributed by atoms with E-state index in [2.05, 4.69) is 4.72 Å². The molecule has 5 nitrogen and oxygen atoms in total. The second-order valence-corrected chi connectivity index (χ2v) is 6.67. The third kappa shape index (κ3) is 3.65. The average molecular weight is 288 g/mol. The number of anilines is 1. The lowest BCUT2D eigenvalue weighted by atomic mass is 10.1. The Balaban J connectivity index is 2.05. The molecule has 0 radical (unpaired) electrons. The molecule has 0 aromatic heterocycles. The van der Waals surface area contributed by atoms with Gasteiger partial charge in [-0.25, -0.2) is 17.5 Å². The fraction of sp³-hybridized carbons (Fsp3) is 0.500. The minimum absolute atomic E-state index is 0.0664. The van der Waals surface area contributed by atoms with Gasteiger partial charge in [0.25, 0.3) is 0 Å². The molecular formula is C12H17FN2O3S. The van der Waals surface area contributed by atoms with Crippen LogP contribution in [0.2, 0.25) is 0 Å². The standard InChI is InChI=1S/C12H17FN2O3S/c13-9-4-10(14)6-12(5-9)19(17,18)15-7-8-1-2-11(16)3-8/h4-6,8,11,15-16H,1-3,7,14H2.